The average molecular weight is 517 g/mol. The molecular weight excluding hydrogens is 487 g/mol. The standard InChI is InChI=1S/C24H29FN6O6/c1-13-29-17(7-19(30-13)23(32)27-9-14-4-5-16(25)20(6-14)34-3)18-8-21(37-31-18)22-12-35-15(11-36-22)10-28-24(33)26-2/h4-7,15,21-22H,8-12H2,1-3H3,(H,27,32)(H2,26,28,33)/t15-,21?,22-/m1/s1. The molecule has 0 bridgehead atoms. The van der Waals surface area contributed by atoms with Crippen molar-refractivity contribution in [3.8, 4) is 5.75 Å². The van der Waals surface area contributed by atoms with Crippen molar-refractivity contribution in [2.24, 2.45) is 5.16 Å². The van der Waals surface area contributed by atoms with E-state index >= 15 is 0 Å². The highest BCUT2D eigenvalue weighted by atomic mass is 19.1. The van der Waals surface area contributed by atoms with Crippen LogP contribution in [0.15, 0.2) is 29.4 Å². The van der Waals surface area contributed by atoms with Crippen LogP contribution in [0.3, 0.4) is 0 Å². The topological polar surface area (TPSA) is 145 Å². The molecule has 0 radical (unpaired) electrons. The molecule has 37 heavy (non-hydrogen) atoms. The van der Waals surface area contributed by atoms with Gasteiger partial charge in [0, 0.05) is 26.6 Å². The van der Waals surface area contributed by atoms with Gasteiger partial charge in [-0.25, -0.2) is 19.2 Å². The van der Waals surface area contributed by atoms with Gasteiger partial charge in [0.2, 0.25) is 0 Å². The Hall–Kier alpha value is -3.84. The van der Waals surface area contributed by atoms with Crippen LogP contribution in [-0.4, -0.2) is 79.8 Å². The van der Waals surface area contributed by atoms with Gasteiger partial charge in [-0.1, -0.05) is 11.2 Å². The Kier molecular flexibility index (Phi) is 8.46. The molecule has 0 saturated carbocycles. The summed E-state index contributed by atoms with van der Waals surface area (Å²) in [4.78, 5) is 38.3. The maximum atomic E-state index is 13.6. The second kappa shape index (κ2) is 11.9. The Balaban J connectivity index is 1.32. The summed E-state index contributed by atoms with van der Waals surface area (Å²) in [5.41, 5.74) is 1.90. The quantitative estimate of drug-likeness (QED) is 0.473. The Morgan fingerprint density at radius 1 is 1.14 bits per heavy atom. The highest BCUT2D eigenvalue weighted by Gasteiger charge is 2.35. The van der Waals surface area contributed by atoms with Gasteiger partial charge in [0.05, 0.1) is 32.1 Å². The molecule has 3 N–H and O–H groups in total. The SMILES string of the molecule is CNC(=O)NC[C@@H]1CO[C@@H](C2CC(c3cc(C(=O)NCc4ccc(F)c(OC)c4)nc(C)n3)=NO2)CO1. The summed E-state index contributed by atoms with van der Waals surface area (Å²) in [5.74, 6) is -0.383. The van der Waals surface area contributed by atoms with Crippen molar-refractivity contribution in [2.75, 3.05) is 33.9 Å². The third kappa shape index (κ3) is 6.68. The zero-order valence-corrected chi connectivity index (χ0v) is 20.7. The Morgan fingerprint density at radius 2 is 1.97 bits per heavy atom. The number of benzene rings is 1. The lowest BCUT2D eigenvalue weighted by molar-refractivity contribution is -0.169. The minimum absolute atomic E-state index is 0.101. The van der Waals surface area contributed by atoms with E-state index in [1.165, 1.54) is 19.2 Å². The zero-order chi connectivity index (χ0) is 26.4. The molecule has 1 fully saturated rings. The highest BCUT2D eigenvalue weighted by molar-refractivity contribution is 6.02. The van der Waals surface area contributed by atoms with Crippen molar-refractivity contribution in [1.29, 1.82) is 0 Å². The Bertz CT molecular complexity index is 1170. The fourth-order valence-corrected chi connectivity index (χ4v) is 3.85. The van der Waals surface area contributed by atoms with Crippen molar-refractivity contribution < 1.29 is 33.0 Å². The van der Waals surface area contributed by atoms with Gasteiger partial charge in [-0.05, 0) is 30.7 Å². The van der Waals surface area contributed by atoms with E-state index in [0.717, 1.165) is 0 Å². The minimum atomic E-state index is -0.477. The summed E-state index contributed by atoms with van der Waals surface area (Å²) in [7, 11) is 2.92. The van der Waals surface area contributed by atoms with Crippen molar-refractivity contribution in [3.05, 3.63) is 52.9 Å². The molecule has 1 unspecified atom stereocenters. The maximum absolute atomic E-state index is 13.6. The van der Waals surface area contributed by atoms with E-state index in [1.807, 2.05) is 0 Å². The van der Waals surface area contributed by atoms with Crippen LogP contribution in [0.1, 0.15) is 34.0 Å². The van der Waals surface area contributed by atoms with Gasteiger partial charge in [-0.2, -0.15) is 0 Å². The lowest BCUT2D eigenvalue weighted by Gasteiger charge is -2.31. The fourth-order valence-electron chi connectivity index (χ4n) is 3.85. The largest absolute Gasteiger partial charge is 0.494 e. The van der Waals surface area contributed by atoms with E-state index in [9.17, 15) is 14.0 Å². The molecule has 3 heterocycles. The molecular formula is C24H29FN6O6. The molecule has 3 amide bonds. The molecule has 13 heteroatoms. The van der Waals surface area contributed by atoms with E-state index in [-0.39, 0.29) is 48.9 Å². The van der Waals surface area contributed by atoms with Crippen LogP contribution in [0.4, 0.5) is 9.18 Å². The summed E-state index contributed by atoms with van der Waals surface area (Å²) in [5, 5.41) is 12.1. The molecule has 2 aliphatic rings. The van der Waals surface area contributed by atoms with Gasteiger partial charge in [0.25, 0.3) is 5.91 Å². The van der Waals surface area contributed by atoms with Gasteiger partial charge in [-0.15, -0.1) is 0 Å². The number of aryl methyl sites for hydroxylation is 1. The first-order chi connectivity index (χ1) is 17.9. The third-order valence-corrected chi connectivity index (χ3v) is 5.85. The maximum Gasteiger partial charge on any atom is 0.314 e. The smallest absolute Gasteiger partial charge is 0.314 e. The Labute approximate surface area is 212 Å². The summed E-state index contributed by atoms with van der Waals surface area (Å²) in [6.07, 6.45) is -0.543. The van der Waals surface area contributed by atoms with Crippen LogP contribution in [0.2, 0.25) is 0 Å². The van der Waals surface area contributed by atoms with Crippen LogP contribution in [0.5, 0.6) is 5.75 Å². The normalized spacial score (nSPS) is 21.0. The zero-order valence-electron chi connectivity index (χ0n) is 20.7. The minimum Gasteiger partial charge on any atom is -0.494 e. The number of oxime groups is 1. The second-order valence-corrected chi connectivity index (χ2v) is 8.51. The highest BCUT2D eigenvalue weighted by Crippen LogP contribution is 2.23. The number of hydrogen-bond acceptors (Lipinski definition) is 9. The van der Waals surface area contributed by atoms with Crippen molar-refractivity contribution in [2.45, 2.75) is 38.2 Å². The molecule has 0 aliphatic carbocycles. The Morgan fingerprint density at radius 3 is 2.70 bits per heavy atom. The molecule has 1 aromatic carbocycles. The molecule has 2 aromatic rings. The monoisotopic (exact) mass is 516 g/mol. The van der Waals surface area contributed by atoms with E-state index < -0.39 is 11.7 Å². The van der Waals surface area contributed by atoms with Gasteiger partial charge in [-0.3, -0.25) is 4.79 Å². The first kappa shape index (κ1) is 26.2. The molecule has 4 rings (SSSR count). The number of hydrogen-bond donors (Lipinski definition) is 3. The van der Waals surface area contributed by atoms with E-state index in [1.54, 1.807) is 26.1 Å². The summed E-state index contributed by atoms with van der Waals surface area (Å²) >= 11 is 0. The van der Waals surface area contributed by atoms with Gasteiger partial charge < -0.3 is 35.0 Å². The van der Waals surface area contributed by atoms with Gasteiger partial charge in [0.1, 0.15) is 23.3 Å². The van der Waals surface area contributed by atoms with Crippen LogP contribution < -0.4 is 20.7 Å². The van der Waals surface area contributed by atoms with E-state index in [4.69, 9.17) is 19.0 Å². The van der Waals surface area contributed by atoms with Crippen LogP contribution in [0.25, 0.3) is 0 Å². The van der Waals surface area contributed by atoms with Crippen LogP contribution in [-0.2, 0) is 20.9 Å². The number of nitrogens with zero attached hydrogens (tertiary/aromatic N) is 3. The molecule has 198 valence electrons. The van der Waals surface area contributed by atoms with Crippen molar-refractivity contribution >= 4 is 17.6 Å². The first-order valence-electron chi connectivity index (χ1n) is 11.7. The van der Waals surface area contributed by atoms with Gasteiger partial charge >= 0.3 is 6.03 Å². The second-order valence-electron chi connectivity index (χ2n) is 8.51. The number of halogens is 1. The fraction of sp³-hybridized carbons (Fsp3) is 0.458. The molecule has 1 saturated heterocycles. The number of aromatic nitrogens is 2. The molecule has 3 atom stereocenters. The van der Waals surface area contributed by atoms with Crippen molar-refractivity contribution in [1.82, 2.24) is 25.9 Å². The van der Waals surface area contributed by atoms with Crippen LogP contribution >= 0.6 is 0 Å². The lowest BCUT2D eigenvalue weighted by Crippen LogP contribution is -2.47. The summed E-state index contributed by atoms with van der Waals surface area (Å²) < 4.78 is 30.3. The molecule has 1 aromatic heterocycles. The molecule has 2 aliphatic heterocycles. The van der Waals surface area contributed by atoms with Crippen LogP contribution in [0, 0.1) is 12.7 Å². The molecule has 12 nitrogen and oxygen atoms in total. The predicted molar refractivity (Wildman–Crippen MR) is 129 cm³/mol. The number of urea groups is 1. The number of carbonyl (C=O) groups is 2. The number of carbonyl (C=O) groups excluding carboxylic acids is 2. The number of methoxy groups -OCH3 is 1. The summed E-state index contributed by atoms with van der Waals surface area (Å²) in [6, 6.07) is 5.64. The number of ether oxygens (including phenoxy) is 3. The van der Waals surface area contributed by atoms with Crippen molar-refractivity contribution in [3.63, 3.8) is 0 Å². The lowest BCUT2D eigenvalue weighted by atomic mass is 10.0. The number of nitrogens with one attached hydrogen (secondary N) is 3. The van der Waals surface area contributed by atoms with Gasteiger partial charge in [0.15, 0.2) is 17.7 Å². The first-order valence-corrected chi connectivity index (χ1v) is 11.7. The number of amides is 3. The predicted octanol–water partition coefficient (Wildman–Crippen LogP) is 1.07. The average Bonchev–Trinajstić information content (AvgIpc) is 3.41. The van der Waals surface area contributed by atoms with E-state index in [0.29, 0.717) is 42.4 Å². The summed E-state index contributed by atoms with van der Waals surface area (Å²) in [6.45, 7) is 2.78. The third-order valence-electron chi connectivity index (χ3n) is 5.85. The van der Waals surface area contributed by atoms with E-state index in [2.05, 4.69) is 31.1 Å². The number of rotatable bonds is 8. The molecule has 0 spiro atoms.